The summed E-state index contributed by atoms with van der Waals surface area (Å²) in [6.45, 7) is 7.14. The third-order valence-corrected chi connectivity index (χ3v) is 1.97. The second kappa shape index (κ2) is 6.02. The Balaban J connectivity index is 4.40. The van der Waals surface area contributed by atoms with Crippen LogP contribution in [-0.4, -0.2) is 17.0 Å². The molecule has 0 saturated carbocycles. The minimum absolute atomic E-state index is 0.0553. The van der Waals surface area contributed by atoms with Crippen molar-refractivity contribution >= 4 is 5.78 Å². The van der Waals surface area contributed by atoms with Gasteiger partial charge in [0, 0.05) is 11.8 Å². The van der Waals surface area contributed by atoms with E-state index in [-0.39, 0.29) is 11.8 Å². The molecule has 0 aromatic rings. The molecule has 2 nitrogen and oxygen atoms in total. The molecule has 0 aromatic carbocycles. The van der Waals surface area contributed by atoms with Gasteiger partial charge in [0.1, 0.15) is 0 Å². The second-order valence-corrected chi connectivity index (χ2v) is 3.12. The number of carbonyl (C=O) groups excluding carboxylic acids is 1. The first-order valence-electron chi connectivity index (χ1n) is 4.35. The van der Waals surface area contributed by atoms with Crippen LogP contribution in [0.15, 0.2) is 12.7 Å². The van der Waals surface area contributed by atoms with Crippen molar-refractivity contribution in [1.29, 1.82) is 0 Å². The Morgan fingerprint density at radius 2 is 2.14 bits per heavy atom. The van der Waals surface area contributed by atoms with E-state index in [1.54, 1.807) is 13.0 Å². The number of aliphatic hydroxyl groups excluding tert-OH is 1. The predicted molar refractivity (Wildman–Crippen MR) is 56.1 cm³/mol. The van der Waals surface area contributed by atoms with E-state index >= 15 is 0 Å². The maximum absolute atomic E-state index is 10.7. The molecule has 0 aliphatic carbocycles. The summed E-state index contributed by atoms with van der Waals surface area (Å²) >= 11 is 0. The maximum atomic E-state index is 10.7. The van der Waals surface area contributed by atoms with Gasteiger partial charge in [-0.15, -0.1) is 13.0 Å². The van der Waals surface area contributed by atoms with Crippen molar-refractivity contribution in [2.75, 3.05) is 0 Å². The number of hydrogen-bond donors (Lipinski definition) is 1. The van der Waals surface area contributed by atoms with E-state index < -0.39 is 11.9 Å². The van der Waals surface area contributed by atoms with Crippen molar-refractivity contribution in [1.82, 2.24) is 0 Å². The van der Waals surface area contributed by atoms with Crippen molar-refractivity contribution in [3.8, 4) is 24.2 Å². The minimum atomic E-state index is -0.620. The number of aliphatic hydroxyl groups is 1. The molecule has 0 radical (unpaired) electrons. The fourth-order valence-electron chi connectivity index (χ4n) is 0.896. The highest BCUT2D eigenvalue weighted by atomic mass is 16.3. The fourth-order valence-corrected chi connectivity index (χ4v) is 0.896. The van der Waals surface area contributed by atoms with Gasteiger partial charge < -0.3 is 5.11 Å². The summed E-state index contributed by atoms with van der Waals surface area (Å²) in [6.07, 6.45) is 5.86. The summed E-state index contributed by atoms with van der Waals surface area (Å²) in [6, 6.07) is 0. The Hall–Kier alpha value is -1.51. The van der Waals surface area contributed by atoms with E-state index in [4.69, 9.17) is 6.42 Å². The summed E-state index contributed by atoms with van der Waals surface area (Å²) in [5, 5.41) is 9.64. The van der Waals surface area contributed by atoms with Crippen LogP contribution in [0.3, 0.4) is 0 Å². The van der Waals surface area contributed by atoms with Crippen LogP contribution in [0.4, 0.5) is 0 Å². The van der Waals surface area contributed by atoms with Crippen molar-refractivity contribution in [3.05, 3.63) is 12.7 Å². The molecule has 74 valence electrons. The highest BCUT2D eigenvalue weighted by molar-refractivity contribution is 6.08. The number of hydrogen-bond acceptors (Lipinski definition) is 2. The van der Waals surface area contributed by atoms with Crippen LogP contribution in [-0.2, 0) is 4.79 Å². The number of ketones is 1. The Labute approximate surface area is 85.0 Å². The first kappa shape index (κ1) is 12.5. The molecular weight excluding hydrogens is 176 g/mol. The smallest absolute Gasteiger partial charge is 0.278 e. The lowest BCUT2D eigenvalue weighted by atomic mass is 9.94. The van der Waals surface area contributed by atoms with Crippen LogP contribution < -0.4 is 0 Å². The van der Waals surface area contributed by atoms with Crippen LogP contribution in [0.1, 0.15) is 13.8 Å². The predicted octanol–water partition coefficient (Wildman–Crippen LogP) is 1.01. The molecule has 0 saturated heterocycles. The maximum Gasteiger partial charge on any atom is 0.278 e. The third-order valence-electron chi connectivity index (χ3n) is 1.97. The van der Waals surface area contributed by atoms with Crippen LogP contribution in [0, 0.1) is 36.0 Å². The van der Waals surface area contributed by atoms with E-state index in [1.807, 2.05) is 12.8 Å². The summed E-state index contributed by atoms with van der Waals surface area (Å²) in [5.41, 5.74) is 0. The molecule has 3 unspecified atom stereocenters. The average Bonchev–Trinajstić information content (AvgIpc) is 2.22. The Bertz CT molecular complexity index is 311. The fraction of sp³-hybridized carbons (Fsp3) is 0.417. The van der Waals surface area contributed by atoms with Gasteiger partial charge in [-0.2, -0.15) is 0 Å². The van der Waals surface area contributed by atoms with Gasteiger partial charge in [0.05, 0.1) is 6.10 Å². The van der Waals surface area contributed by atoms with Gasteiger partial charge in [-0.05, 0) is 18.8 Å². The van der Waals surface area contributed by atoms with Crippen molar-refractivity contribution in [2.45, 2.75) is 20.0 Å². The van der Waals surface area contributed by atoms with E-state index in [0.29, 0.717) is 0 Å². The lowest BCUT2D eigenvalue weighted by Crippen LogP contribution is -2.23. The standard InChI is InChI=1S/C12H14O2/c1-5-9(3)12(14)10(4)7-8-11(13)6-2/h2,5,9-10,12,14H,1H2,3-4H3. The number of rotatable bonds is 3. The molecule has 0 aliphatic rings. The molecule has 0 spiro atoms. The molecule has 1 N–H and O–H groups in total. The molecular formula is C12H14O2. The van der Waals surface area contributed by atoms with E-state index in [0.717, 1.165) is 0 Å². The molecule has 0 aliphatic heterocycles. The largest absolute Gasteiger partial charge is 0.391 e. The Morgan fingerprint density at radius 1 is 1.57 bits per heavy atom. The minimum Gasteiger partial charge on any atom is -0.391 e. The lowest BCUT2D eigenvalue weighted by molar-refractivity contribution is -0.108. The van der Waals surface area contributed by atoms with Crippen LogP contribution in [0.2, 0.25) is 0 Å². The van der Waals surface area contributed by atoms with Gasteiger partial charge in [0.2, 0.25) is 0 Å². The zero-order valence-electron chi connectivity index (χ0n) is 8.45. The third kappa shape index (κ3) is 3.94. The Morgan fingerprint density at radius 3 is 2.57 bits per heavy atom. The number of Topliss-reactive ketones (excluding diaryl/α,β-unsaturated/α-hetero) is 1. The highest BCUT2D eigenvalue weighted by Gasteiger charge is 2.16. The van der Waals surface area contributed by atoms with Gasteiger partial charge in [-0.3, -0.25) is 4.79 Å². The topological polar surface area (TPSA) is 37.3 Å². The first-order chi connectivity index (χ1) is 6.52. The molecule has 3 atom stereocenters. The average molecular weight is 190 g/mol. The van der Waals surface area contributed by atoms with Crippen molar-refractivity contribution in [3.63, 3.8) is 0 Å². The summed E-state index contributed by atoms with van der Waals surface area (Å²) in [7, 11) is 0. The molecule has 2 heteroatoms. The quantitative estimate of drug-likeness (QED) is 0.410. The van der Waals surface area contributed by atoms with Gasteiger partial charge in [-0.25, -0.2) is 0 Å². The molecule has 0 fully saturated rings. The zero-order chi connectivity index (χ0) is 11.1. The van der Waals surface area contributed by atoms with Gasteiger partial charge in [-0.1, -0.05) is 18.9 Å². The Kier molecular flexibility index (Phi) is 5.37. The van der Waals surface area contributed by atoms with Gasteiger partial charge in [0.25, 0.3) is 5.78 Å². The van der Waals surface area contributed by atoms with Crippen molar-refractivity contribution in [2.24, 2.45) is 11.8 Å². The molecule has 0 heterocycles. The number of carbonyl (C=O) groups is 1. The second-order valence-electron chi connectivity index (χ2n) is 3.12. The van der Waals surface area contributed by atoms with E-state index in [2.05, 4.69) is 18.4 Å². The van der Waals surface area contributed by atoms with E-state index in [1.165, 1.54) is 0 Å². The SMILES string of the molecule is C#CC(=O)C#CC(C)C(O)C(C)C=C. The molecule has 0 amide bonds. The monoisotopic (exact) mass is 190 g/mol. The molecule has 0 rings (SSSR count). The first-order valence-corrected chi connectivity index (χ1v) is 4.35. The van der Waals surface area contributed by atoms with Crippen molar-refractivity contribution < 1.29 is 9.90 Å². The lowest BCUT2D eigenvalue weighted by Gasteiger charge is -2.17. The summed E-state index contributed by atoms with van der Waals surface area (Å²) in [5.74, 6) is 5.86. The summed E-state index contributed by atoms with van der Waals surface area (Å²) < 4.78 is 0. The van der Waals surface area contributed by atoms with Crippen LogP contribution in [0.5, 0.6) is 0 Å². The molecule has 0 aromatic heterocycles. The molecule has 0 bridgehead atoms. The van der Waals surface area contributed by atoms with Gasteiger partial charge >= 0.3 is 0 Å². The van der Waals surface area contributed by atoms with E-state index in [9.17, 15) is 9.90 Å². The highest BCUT2D eigenvalue weighted by Crippen LogP contribution is 2.12. The summed E-state index contributed by atoms with van der Waals surface area (Å²) in [4.78, 5) is 10.7. The normalized spacial score (nSPS) is 15.3. The van der Waals surface area contributed by atoms with Crippen LogP contribution >= 0.6 is 0 Å². The zero-order valence-corrected chi connectivity index (χ0v) is 8.45. The molecule has 14 heavy (non-hydrogen) atoms. The number of terminal acetylenes is 1. The van der Waals surface area contributed by atoms with Gasteiger partial charge in [0.15, 0.2) is 0 Å². The van der Waals surface area contributed by atoms with Crippen LogP contribution in [0.25, 0.3) is 0 Å².